The van der Waals surface area contributed by atoms with Crippen molar-refractivity contribution >= 4 is 55.9 Å². The van der Waals surface area contributed by atoms with Crippen molar-refractivity contribution in [3.8, 4) is 39.5 Å². The van der Waals surface area contributed by atoms with E-state index in [0.717, 1.165) is 75.7 Å². The molecule has 52 heavy (non-hydrogen) atoms. The second-order valence-corrected chi connectivity index (χ2v) is 13.9. The molecular formula is C48H33N3O. The standard InChI is InChI=1S/C48H33N3O/c1-2-11-30(12-3-1)31-21-23-33(24-22-31)46-38-16-6-8-19-41(38)49-48(50-46)51-42-20-9-7-15-37(42)40-29-34(25-27-43(40)51)36-17-10-18-39-45-35-14-5-4-13-32(35)26-28-44(45)52-47(36)39/h1-4,6-8,10-13,15-19,21-29H,5,9,14,20H2. The number of aromatic nitrogens is 3. The van der Waals surface area contributed by atoms with Gasteiger partial charge >= 0.3 is 0 Å². The van der Waals surface area contributed by atoms with Gasteiger partial charge in [0.05, 0.1) is 16.7 Å². The van der Waals surface area contributed by atoms with E-state index in [9.17, 15) is 0 Å². The first kappa shape index (κ1) is 29.2. The lowest BCUT2D eigenvalue weighted by Crippen LogP contribution is -2.08. The van der Waals surface area contributed by atoms with Crippen LogP contribution >= 0.6 is 0 Å². The van der Waals surface area contributed by atoms with E-state index in [-0.39, 0.29) is 0 Å². The zero-order valence-electron chi connectivity index (χ0n) is 28.5. The van der Waals surface area contributed by atoms with Crippen molar-refractivity contribution in [1.29, 1.82) is 0 Å². The summed E-state index contributed by atoms with van der Waals surface area (Å²) in [6.45, 7) is 0. The zero-order chi connectivity index (χ0) is 34.2. The molecule has 0 unspecified atom stereocenters. The van der Waals surface area contributed by atoms with E-state index < -0.39 is 0 Å². The van der Waals surface area contributed by atoms with Gasteiger partial charge in [-0.15, -0.1) is 0 Å². The van der Waals surface area contributed by atoms with Crippen molar-refractivity contribution in [3.63, 3.8) is 0 Å². The maximum Gasteiger partial charge on any atom is 0.235 e. The van der Waals surface area contributed by atoms with Crippen LogP contribution in [0.4, 0.5) is 0 Å². The predicted molar refractivity (Wildman–Crippen MR) is 215 cm³/mol. The highest BCUT2D eigenvalue weighted by atomic mass is 16.3. The lowest BCUT2D eigenvalue weighted by atomic mass is 9.92. The summed E-state index contributed by atoms with van der Waals surface area (Å²) in [7, 11) is 0. The number of para-hydroxylation sites is 2. The summed E-state index contributed by atoms with van der Waals surface area (Å²) in [5.41, 5.74) is 15.8. The summed E-state index contributed by atoms with van der Waals surface area (Å²) in [5, 5.41) is 4.69. The van der Waals surface area contributed by atoms with E-state index in [0.29, 0.717) is 5.95 Å². The van der Waals surface area contributed by atoms with Crippen LogP contribution in [0.3, 0.4) is 0 Å². The predicted octanol–water partition coefficient (Wildman–Crippen LogP) is 12.4. The van der Waals surface area contributed by atoms with Crippen molar-refractivity contribution in [2.45, 2.75) is 25.7 Å². The molecule has 246 valence electrons. The summed E-state index contributed by atoms with van der Waals surface area (Å²) in [6, 6.07) is 45.3. The monoisotopic (exact) mass is 667 g/mol. The van der Waals surface area contributed by atoms with E-state index in [1.165, 1.54) is 49.7 Å². The molecular weight excluding hydrogens is 635 g/mol. The lowest BCUT2D eigenvalue weighted by molar-refractivity contribution is 0.669. The first-order valence-corrected chi connectivity index (χ1v) is 18.2. The van der Waals surface area contributed by atoms with Crippen LogP contribution in [0.2, 0.25) is 0 Å². The van der Waals surface area contributed by atoms with E-state index in [2.05, 4.69) is 156 Å². The number of benzene rings is 6. The Hall–Kier alpha value is -6.52. The minimum absolute atomic E-state index is 0.702. The fourth-order valence-electron chi connectivity index (χ4n) is 8.52. The highest BCUT2D eigenvalue weighted by Crippen LogP contribution is 2.42. The molecule has 0 amide bonds. The second-order valence-electron chi connectivity index (χ2n) is 13.9. The molecule has 0 atom stereocenters. The van der Waals surface area contributed by atoms with E-state index in [1.807, 2.05) is 0 Å². The normalized spacial score (nSPS) is 13.7. The molecule has 0 aliphatic heterocycles. The molecule has 0 fully saturated rings. The third kappa shape index (κ3) is 4.47. The van der Waals surface area contributed by atoms with Crippen molar-refractivity contribution in [1.82, 2.24) is 14.5 Å². The Morgan fingerprint density at radius 3 is 2.27 bits per heavy atom. The summed E-state index contributed by atoms with van der Waals surface area (Å²) in [5.74, 6) is 0.702. The van der Waals surface area contributed by atoms with Crippen molar-refractivity contribution in [2.24, 2.45) is 0 Å². The lowest BCUT2D eigenvalue weighted by Gasteiger charge is -2.15. The quantitative estimate of drug-likeness (QED) is 0.188. The summed E-state index contributed by atoms with van der Waals surface area (Å²) >= 11 is 0. The Bertz CT molecular complexity index is 2940. The van der Waals surface area contributed by atoms with Gasteiger partial charge < -0.3 is 4.42 Å². The maximum absolute atomic E-state index is 6.67. The topological polar surface area (TPSA) is 43.9 Å². The van der Waals surface area contributed by atoms with Crippen LogP contribution in [-0.2, 0) is 12.8 Å². The molecule has 2 aliphatic rings. The van der Waals surface area contributed by atoms with Gasteiger partial charge in [-0.1, -0.05) is 127 Å². The molecule has 4 nitrogen and oxygen atoms in total. The fourth-order valence-corrected chi connectivity index (χ4v) is 8.52. The molecule has 0 N–H and O–H groups in total. The largest absolute Gasteiger partial charge is 0.455 e. The first-order chi connectivity index (χ1) is 25.8. The molecule has 11 rings (SSSR count). The van der Waals surface area contributed by atoms with Gasteiger partial charge in [0.2, 0.25) is 5.95 Å². The Morgan fingerprint density at radius 2 is 1.35 bits per heavy atom. The molecule has 2 aliphatic carbocycles. The molecule has 3 aromatic heterocycles. The number of nitrogens with zero attached hydrogens (tertiary/aromatic N) is 3. The number of furan rings is 1. The van der Waals surface area contributed by atoms with Crippen molar-refractivity contribution in [2.75, 3.05) is 0 Å². The molecule has 3 heterocycles. The highest BCUT2D eigenvalue weighted by molar-refractivity contribution is 6.12. The number of hydrogen-bond acceptors (Lipinski definition) is 3. The third-order valence-corrected chi connectivity index (χ3v) is 11.0. The second kappa shape index (κ2) is 11.5. The van der Waals surface area contributed by atoms with Gasteiger partial charge in [0.25, 0.3) is 0 Å². The molecule has 0 bridgehead atoms. The number of aryl methyl sites for hydroxylation is 1. The Morgan fingerprint density at radius 1 is 0.577 bits per heavy atom. The minimum atomic E-state index is 0.702. The van der Waals surface area contributed by atoms with Gasteiger partial charge in [-0.3, -0.25) is 4.57 Å². The fraction of sp³-hybridized carbons (Fsp3) is 0.0833. The van der Waals surface area contributed by atoms with E-state index in [4.69, 9.17) is 14.4 Å². The molecule has 6 aromatic carbocycles. The maximum atomic E-state index is 6.67. The number of hydrogen-bond donors (Lipinski definition) is 0. The van der Waals surface area contributed by atoms with Crippen LogP contribution in [-0.4, -0.2) is 14.5 Å². The average Bonchev–Trinajstić information content (AvgIpc) is 3.77. The van der Waals surface area contributed by atoms with Crippen molar-refractivity contribution < 1.29 is 4.42 Å². The van der Waals surface area contributed by atoms with E-state index in [1.54, 1.807) is 0 Å². The van der Waals surface area contributed by atoms with Gasteiger partial charge in [-0.2, -0.15) is 0 Å². The summed E-state index contributed by atoms with van der Waals surface area (Å²) < 4.78 is 8.97. The minimum Gasteiger partial charge on any atom is -0.455 e. The third-order valence-electron chi connectivity index (χ3n) is 11.0. The van der Waals surface area contributed by atoms with Crippen LogP contribution in [0.5, 0.6) is 0 Å². The Kier molecular flexibility index (Phi) is 6.47. The van der Waals surface area contributed by atoms with Crippen LogP contribution in [0, 0.1) is 0 Å². The van der Waals surface area contributed by atoms with Crippen LogP contribution in [0.15, 0.2) is 144 Å². The van der Waals surface area contributed by atoms with Gasteiger partial charge in [-0.25, -0.2) is 9.97 Å². The Balaban J connectivity index is 1.08. The van der Waals surface area contributed by atoms with Gasteiger partial charge in [-0.05, 0) is 77.8 Å². The van der Waals surface area contributed by atoms with Gasteiger partial charge in [0.15, 0.2) is 0 Å². The summed E-state index contributed by atoms with van der Waals surface area (Å²) in [4.78, 5) is 10.6. The average molecular weight is 668 g/mol. The van der Waals surface area contributed by atoms with Crippen LogP contribution in [0.25, 0.3) is 95.4 Å². The van der Waals surface area contributed by atoms with Gasteiger partial charge in [0, 0.05) is 43.9 Å². The van der Waals surface area contributed by atoms with Gasteiger partial charge in [0.1, 0.15) is 11.2 Å². The molecule has 0 saturated carbocycles. The molecule has 0 saturated heterocycles. The number of fused-ring (bicyclic) bond motifs is 9. The molecule has 9 aromatic rings. The SMILES string of the molecule is C1=Cc2ccc3oc4c(-c5ccc6c(c5)c5c(n6-c6nc(-c7ccc(-c8ccccc8)cc7)c7ccccc7n6)CCC=C5)cccc4c3c2CC1. The van der Waals surface area contributed by atoms with Crippen molar-refractivity contribution in [3.05, 3.63) is 162 Å². The van der Waals surface area contributed by atoms with Crippen LogP contribution in [0.1, 0.15) is 35.2 Å². The highest BCUT2D eigenvalue weighted by Gasteiger charge is 2.23. The van der Waals surface area contributed by atoms with E-state index >= 15 is 0 Å². The van der Waals surface area contributed by atoms with Crippen LogP contribution < -0.4 is 0 Å². The Labute approximate surface area is 301 Å². The zero-order valence-corrected chi connectivity index (χ0v) is 28.5. The smallest absolute Gasteiger partial charge is 0.235 e. The molecule has 0 spiro atoms. The molecule has 4 heteroatoms. The number of allylic oxidation sites excluding steroid dienone is 2. The number of rotatable bonds is 4. The first-order valence-electron chi connectivity index (χ1n) is 18.2. The molecule has 0 radical (unpaired) electrons. The summed E-state index contributed by atoms with van der Waals surface area (Å²) in [6.07, 6.45) is 13.1.